The summed E-state index contributed by atoms with van der Waals surface area (Å²) < 4.78 is 2.42. The molecule has 2 aliphatic carbocycles. The van der Waals surface area contributed by atoms with E-state index >= 15 is 0 Å². The number of hydrogen-bond donors (Lipinski definition) is 4. The molecular weight excluding hydrogens is 719 g/mol. The van der Waals surface area contributed by atoms with Crippen LogP contribution in [0.4, 0.5) is 11.5 Å². The molecule has 1 aliphatic heterocycles. The monoisotopic (exact) mass is 767 g/mol. The molecule has 0 radical (unpaired) electrons. The van der Waals surface area contributed by atoms with Crippen molar-refractivity contribution >= 4 is 33.6 Å². The van der Waals surface area contributed by atoms with Crippen LogP contribution < -0.4 is 21.3 Å². The second-order valence-corrected chi connectivity index (χ2v) is 15.8. The molecule has 5 heteroatoms. The van der Waals surface area contributed by atoms with Crippen molar-refractivity contribution in [3.63, 3.8) is 0 Å². The first-order chi connectivity index (χ1) is 29.2. The van der Waals surface area contributed by atoms with Crippen LogP contribution in [0.1, 0.15) is 70.9 Å². The first kappa shape index (κ1) is 36.8. The van der Waals surface area contributed by atoms with Gasteiger partial charge < -0.3 is 5.32 Å². The molecule has 3 atom stereocenters. The molecule has 1 aromatic heterocycles. The Kier molecular flexibility index (Phi) is 10.2. The number of para-hydroxylation sites is 2. The molecule has 3 aliphatic rings. The third kappa shape index (κ3) is 7.41. The Bertz CT molecular complexity index is 2670. The maximum absolute atomic E-state index is 4.05. The Labute approximate surface area is 347 Å². The van der Waals surface area contributed by atoms with Crippen molar-refractivity contribution in [2.24, 2.45) is 0 Å². The molecule has 0 spiro atoms. The highest BCUT2D eigenvalue weighted by molar-refractivity contribution is 6.09. The minimum absolute atomic E-state index is 0.0125. The number of allylic oxidation sites excluding steroid dienone is 6. The predicted octanol–water partition coefficient (Wildman–Crippen LogP) is 12.4. The van der Waals surface area contributed by atoms with Gasteiger partial charge in [-0.2, -0.15) is 0 Å². The van der Waals surface area contributed by atoms with E-state index in [9.17, 15) is 0 Å². The van der Waals surface area contributed by atoms with Crippen LogP contribution in [0.3, 0.4) is 0 Å². The first-order valence-corrected chi connectivity index (χ1v) is 21.0. The van der Waals surface area contributed by atoms with Crippen molar-refractivity contribution in [1.82, 2.24) is 20.5 Å². The summed E-state index contributed by atoms with van der Waals surface area (Å²) in [6.45, 7) is 2.22. The van der Waals surface area contributed by atoms with Crippen LogP contribution in [-0.2, 0) is 0 Å². The van der Waals surface area contributed by atoms with E-state index in [0.29, 0.717) is 0 Å². The molecule has 7 aromatic rings. The van der Waals surface area contributed by atoms with Gasteiger partial charge in [0.1, 0.15) is 5.82 Å². The number of benzene rings is 6. The number of hydrogen-bond acceptors (Lipinski definition) is 4. The van der Waals surface area contributed by atoms with Crippen molar-refractivity contribution in [3.8, 4) is 5.69 Å². The lowest BCUT2D eigenvalue weighted by molar-refractivity contribution is 0.223. The van der Waals surface area contributed by atoms with Gasteiger partial charge in [-0.05, 0) is 101 Å². The second-order valence-electron chi connectivity index (χ2n) is 15.8. The highest BCUT2D eigenvalue weighted by Crippen LogP contribution is 2.46. The standard InChI is InChI=1S/C54H49N5/c1-37-19-11-12-30-45(37)46-31-13-14-32-47(46)50-48-33-15-16-34-49(48)59(44-28-9-4-10-29-44)54(50)55-43-27-18-25-41(36-43)40-24-17-26-42(35-40)53-57-51(38-20-5-2-6-21-38)56-52(58-53)39-22-7-3-8-23-39/h2-13,15-23,25-31,33-36,40,51-53,55-58H,14,24,32H2,1H3. The summed E-state index contributed by atoms with van der Waals surface area (Å²) in [6.07, 6.45) is 14.6. The van der Waals surface area contributed by atoms with Gasteiger partial charge in [-0.1, -0.05) is 164 Å². The Morgan fingerprint density at radius 1 is 0.593 bits per heavy atom. The van der Waals surface area contributed by atoms with Gasteiger partial charge in [0.05, 0.1) is 24.0 Å². The SMILES string of the molecule is Cc1ccccc1C1=C(c2c(Nc3cccc(C4C=C(C5NC(c6ccccc6)NC(c6ccccc6)N5)C=CC4)c3)n(-c3ccccc3)c3ccccc23)CCC=C1. The lowest BCUT2D eigenvalue weighted by atomic mass is 9.86. The summed E-state index contributed by atoms with van der Waals surface area (Å²) in [7, 11) is 0. The minimum atomic E-state index is -0.0450. The molecule has 6 aromatic carbocycles. The van der Waals surface area contributed by atoms with Gasteiger partial charge in [0.2, 0.25) is 0 Å². The van der Waals surface area contributed by atoms with Crippen molar-refractivity contribution in [2.75, 3.05) is 5.32 Å². The molecule has 10 rings (SSSR count). The van der Waals surface area contributed by atoms with Crippen LogP contribution in [0.25, 0.3) is 27.7 Å². The van der Waals surface area contributed by atoms with Gasteiger partial charge in [-0.15, -0.1) is 0 Å². The Balaban J connectivity index is 1.04. The number of anilines is 2. The third-order valence-corrected chi connectivity index (χ3v) is 12.1. The molecule has 1 saturated heterocycles. The van der Waals surface area contributed by atoms with Crippen molar-refractivity contribution in [2.45, 2.75) is 50.6 Å². The van der Waals surface area contributed by atoms with Crippen LogP contribution in [-0.4, -0.2) is 10.7 Å². The molecule has 0 saturated carbocycles. The molecule has 59 heavy (non-hydrogen) atoms. The maximum atomic E-state index is 4.05. The predicted molar refractivity (Wildman–Crippen MR) is 246 cm³/mol. The largest absolute Gasteiger partial charge is 0.341 e. The van der Waals surface area contributed by atoms with E-state index in [4.69, 9.17) is 0 Å². The van der Waals surface area contributed by atoms with E-state index in [2.05, 4.69) is 227 Å². The van der Waals surface area contributed by atoms with Crippen molar-refractivity contribution in [3.05, 3.63) is 233 Å². The highest BCUT2D eigenvalue weighted by atomic mass is 15.4. The Morgan fingerprint density at radius 2 is 1.24 bits per heavy atom. The van der Waals surface area contributed by atoms with Gasteiger partial charge in [0.15, 0.2) is 0 Å². The molecule has 5 nitrogen and oxygen atoms in total. The average molecular weight is 768 g/mol. The molecule has 290 valence electrons. The lowest BCUT2D eigenvalue weighted by Gasteiger charge is -2.40. The van der Waals surface area contributed by atoms with Gasteiger partial charge in [0.25, 0.3) is 0 Å². The minimum Gasteiger partial charge on any atom is -0.341 e. The fourth-order valence-electron chi connectivity index (χ4n) is 9.19. The van der Waals surface area contributed by atoms with Crippen LogP contribution in [0.2, 0.25) is 0 Å². The van der Waals surface area contributed by atoms with Crippen LogP contribution >= 0.6 is 0 Å². The quantitative estimate of drug-likeness (QED) is 0.118. The molecule has 2 heterocycles. The van der Waals surface area contributed by atoms with E-state index in [-0.39, 0.29) is 24.4 Å². The lowest BCUT2D eigenvalue weighted by Crippen LogP contribution is -2.59. The van der Waals surface area contributed by atoms with Crippen LogP contribution in [0, 0.1) is 6.92 Å². The molecule has 3 unspecified atom stereocenters. The first-order valence-electron chi connectivity index (χ1n) is 21.0. The van der Waals surface area contributed by atoms with Crippen molar-refractivity contribution < 1.29 is 0 Å². The zero-order valence-electron chi connectivity index (χ0n) is 33.4. The number of aromatic nitrogens is 1. The van der Waals surface area contributed by atoms with Gasteiger partial charge in [-0.25, -0.2) is 0 Å². The van der Waals surface area contributed by atoms with Crippen LogP contribution in [0.15, 0.2) is 200 Å². The highest BCUT2D eigenvalue weighted by Gasteiger charge is 2.31. The summed E-state index contributed by atoms with van der Waals surface area (Å²) in [5.74, 6) is 1.31. The molecule has 0 amide bonds. The smallest absolute Gasteiger partial charge is 0.123 e. The maximum Gasteiger partial charge on any atom is 0.123 e. The van der Waals surface area contributed by atoms with Crippen LogP contribution in [0.5, 0.6) is 0 Å². The zero-order valence-corrected chi connectivity index (χ0v) is 33.4. The summed E-state index contributed by atoms with van der Waals surface area (Å²) >= 11 is 0. The fraction of sp³-hybridized carbons (Fsp3) is 0.148. The van der Waals surface area contributed by atoms with Gasteiger partial charge in [-0.3, -0.25) is 20.5 Å². The second kappa shape index (κ2) is 16.4. The number of nitrogens with one attached hydrogen (secondary N) is 4. The average Bonchev–Trinajstić information content (AvgIpc) is 3.63. The van der Waals surface area contributed by atoms with Gasteiger partial charge in [0, 0.05) is 28.2 Å². The third-order valence-electron chi connectivity index (χ3n) is 12.1. The Hall–Kier alpha value is -6.50. The summed E-state index contributed by atoms with van der Waals surface area (Å²) in [5, 5.41) is 16.9. The molecular formula is C54H49N5. The van der Waals surface area contributed by atoms with E-state index in [1.54, 1.807) is 0 Å². The van der Waals surface area contributed by atoms with E-state index in [1.807, 2.05) is 0 Å². The number of aryl methyl sites for hydroxylation is 1. The van der Waals surface area contributed by atoms with E-state index in [1.165, 1.54) is 61.0 Å². The number of rotatable bonds is 9. The summed E-state index contributed by atoms with van der Waals surface area (Å²) in [4.78, 5) is 0. The molecule has 0 bridgehead atoms. The van der Waals surface area contributed by atoms with Gasteiger partial charge >= 0.3 is 0 Å². The normalized spacial score (nSPS) is 20.5. The molecule has 1 fully saturated rings. The van der Waals surface area contributed by atoms with E-state index < -0.39 is 0 Å². The molecule has 4 N–H and O–H groups in total. The number of fused-ring (bicyclic) bond motifs is 1. The summed E-state index contributed by atoms with van der Waals surface area (Å²) in [6, 6.07) is 58.9. The zero-order chi connectivity index (χ0) is 39.5. The number of nitrogens with zero attached hydrogens (tertiary/aromatic N) is 1. The Morgan fingerprint density at radius 3 is 1.98 bits per heavy atom. The fourth-order valence-corrected chi connectivity index (χ4v) is 9.19. The van der Waals surface area contributed by atoms with Crippen molar-refractivity contribution in [1.29, 1.82) is 0 Å². The van der Waals surface area contributed by atoms with E-state index in [0.717, 1.165) is 36.5 Å². The summed E-state index contributed by atoms with van der Waals surface area (Å²) in [5.41, 5.74) is 14.9. The topological polar surface area (TPSA) is 53.0 Å².